The Morgan fingerprint density at radius 2 is 1.94 bits per heavy atom. The minimum atomic E-state index is -0.236. The van der Waals surface area contributed by atoms with E-state index in [9.17, 15) is 9.59 Å². The van der Waals surface area contributed by atoms with Crippen LogP contribution in [0.5, 0.6) is 0 Å². The molecule has 1 fully saturated rings. The van der Waals surface area contributed by atoms with Gasteiger partial charge in [0.15, 0.2) is 0 Å². The van der Waals surface area contributed by atoms with Gasteiger partial charge in [-0.05, 0) is 61.2 Å². The number of rotatable bonds is 7. The van der Waals surface area contributed by atoms with Gasteiger partial charge < -0.3 is 26.2 Å². The molecule has 2 aromatic heterocycles. The Morgan fingerprint density at radius 3 is 2.74 bits per heavy atom. The highest BCUT2D eigenvalue weighted by molar-refractivity contribution is 5.99. The maximum absolute atomic E-state index is 12.9. The highest BCUT2D eigenvalue weighted by Crippen LogP contribution is 2.26. The summed E-state index contributed by atoms with van der Waals surface area (Å²) in [5, 5.41) is 12.8. The van der Waals surface area contributed by atoms with E-state index in [-0.39, 0.29) is 17.9 Å². The molecule has 180 valence electrons. The number of hydrogen-bond acceptors (Lipinski definition) is 8. The molecule has 0 saturated heterocycles. The number of pyridine rings is 1. The van der Waals surface area contributed by atoms with E-state index in [4.69, 9.17) is 0 Å². The third-order valence-corrected chi connectivity index (χ3v) is 6.09. The number of anilines is 5. The van der Waals surface area contributed by atoms with Crippen molar-refractivity contribution >= 4 is 40.9 Å². The summed E-state index contributed by atoms with van der Waals surface area (Å²) in [6.07, 6.45) is 4.44. The summed E-state index contributed by atoms with van der Waals surface area (Å²) in [6, 6.07) is 11.7. The number of carbonyl (C=O) groups is 2. The molecule has 1 aliphatic carbocycles. The zero-order valence-electron chi connectivity index (χ0n) is 19.8. The van der Waals surface area contributed by atoms with Crippen LogP contribution in [0.2, 0.25) is 0 Å². The minimum absolute atomic E-state index is 0.131. The fraction of sp³-hybridized carbons (Fsp3) is 0.320. The van der Waals surface area contributed by atoms with Gasteiger partial charge in [0.1, 0.15) is 23.0 Å². The summed E-state index contributed by atoms with van der Waals surface area (Å²) in [6.45, 7) is 3.30. The molecule has 2 aliphatic rings. The SMILES string of the molecule is CC(=O)N(C)c1cccc(Nc2nc(Nc3ccc4c(c3)CCNC4)ncc2C(=O)NC2CC2)n1. The number of carbonyl (C=O) groups excluding carboxylic acids is 2. The summed E-state index contributed by atoms with van der Waals surface area (Å²) >= 11 is 0. The van der Waals surface area contributed by atoms with Gasteiger partial charge in [-0.15, -0.1) is 0 Å². The second-order valence-electron chi connectivity index (χ2n) is 8.82. The van der Waals surface area contributed by atoms with Crippen LogP contribution in [-0.2, 0) is 17.8 Å². The van der Waals surface area contributed by atoms with Gasteiger partial charge in [0.2, 0.25) is 11.9 Å². The fourth-order valence-corrected chi connectivity index (χ4v) is 3.84. The lowest BCUT2D eigenvalue weighted by atomic mass is 10.0. The zero-order chi connectivity index (χ0) is 24.4. The van der Waals surface area contributed by atoms with E-state index in [2.05, 4.69) is 48.4 Å². The zero-order valence-corrected chi connectivity index (χ0v) is 19.8. The summed E-state index contributed by atoms with van der Waals surface area (Å²) in [4.78, 5) is 39.6. The van der Waals surface area contributed by atoms with Gasteiger partial charge in [0.25, 0.3) is 5.91 Å². The van der Waals surface area contributed by atoms with Crippen molar-refractivity contribution in [3.63, 3.8) is 0 Å². The number of benzene rings is 1. The first-order chi connectivity index (χ1) is 17.0. The van der Waals surface area contributed by atoms with Gasteiger partial charge in [0.05, 0.1) is 0 Å². The molecule has 0 radical (unpaired) electrons. The maximum atomic E-state index is 12.9. The van der Waals surface area contributed by atoms with E-state index in [1.54, 1.807) is 25.2 Å². The first-order valence-electron chi connectivity index (χ1n) is 11.7. The standard InChI is InChI=1S/C25H28N8O2/c1-15(34)33(2)22-5-3-4-21(30-22)31-23-20(24(35)28-18-8-9-18)14-27-25(32-23)29-19-7-6-17-13-26-11-10-16(17)12-19/h3-7,12,14,18,26H,8-11,13H2,1-2H3,(H,28,35)(H2,27,29,30,31,32). The quantitative estimate of drug-likeness (QED) is 0.414. The van der Waals surface area contributed by atoms with Gasteiger partial charge in [-0.2, -0.15) is 4.98 Å². The predicted molar refractivity (Wildman–Crippen MR) is 134 cm³/mol. The van der Waals surface area contributed by atoms with Crippen LogP contribution in [-0.4, -0.2) is 46.4 Å². The van der Waals surface area contributed by atoms with Crippen molar-refractivity contribution in [1.82, 2.24) is 25.6 Å². The molecule has 4 N–H and O–H groups in total. The molecule has 10 nitrogen and oxygen atoms in total. The molecule has 10 heteroatoms. The van der Waals surface area contributed by atoms with Crippen LogP contribution in [0.4, 0.5) is 29.1 Å². The molecular formula is C25H28N8O2. The van der Waals surface area contributed by atoms with Crippen molar-refractivity contribution in [2.75, 3.05) is 29.1 Å². The van der Waals surface area contributed by atoms with Crippen LogP contribution >= 0.6 is 0 Å². The second-order valence-corrected chi connectivity index (χ2v) is 8.82. The summed E-state index contributed by atoms with van der Waals surface area (Å²) in [5.41, 5.74) is 3.79. The first-order valence-corrected chi connectivity index (χ1v) is 11.7. The molecule has 1 aliphatic heterocycles. The van der Waals surface area contributed by atoms with E-state index in [0.717, 1.165) is 38.0 Å². The number of hydrogen-bond donors (Lipinski definition) is 4. The number of aromatic nitrogens is 3. The fourth-order valence-electron chi connectivity index (χ4n) is 3.84. The molecule has 1 aromatic carbocycles. The smallest absolute Gasteiger partial charge is 0.256 e. The van der Waals surface area contributed by atoms with Crippen molar-refractivity contribution in [3.8, 4) is 0 Å². The normalized spacial score (nSPS) is 14.6. The van der Waals surface area contributed by atoms with E-state index in [1.165, 1.54) is 29.1 Å². The Labute approximate surface area is 203 Å². The van der Waals surface area contributed by atoms with E-state index in [1.807, 2.05) is 6.07 Å². The number of nitrogens with one attached hydrogen (secondary N) is 4. The average molecular weight is 473 g/mol. The van der Waals surface area contributed by atoms with Gasteiger partial charge >= 0.3 is 0 Å². The van der Waals surface area contributed by atoms with Crippen molar-refractivity contribution in [3.05, 3.63) is 59.3 Å². The molecule has 5 rings (SSSR count). The van der Waals surface area contributed by atoms with Crippen molar-refractivity contribution in [2.24, 2.45) is 0 Å². The van der Waals surface area contributed by atoms with Crippen LogP contribution < -0.4 is 26.2 Å². The molecular weight excluding hydrogens is 444 g/mol. The lowest BCUT2D eigenvalue weighted by molar-refractivity contribution is -0.116. The lowest BCUT2D eigenvalue weighted by Crippen LogP contribution is -2.27. The molecule has 0 spiro atoms. The van der Waals surface area contributed by atoms with E-state index in [0.29, 0.717) is 29.0 Å². The van der Waals surface area contributed by atoms with Crippen molar-refractivity contribution < 1.29 is 9.59 Å². The monoisotopic (exact) mass is 472 g/mol. The van der Waals surface area contributed by atoms with Crippen LogP contribution in [0.3, 0.4) is 0 Å². The molecule has 0 bridgehead atoms. The van der Waals surface area contributed by atoms with Crippen LogP contribution in [0, 0.1) is 0 Å². The molecule has 35 heavy (non-hydrogen) atoms. The topological polar surface area (TPSA) is 124 Å². The predicted octanol–water partition coefficient (Wildman–Crippen LogP) is 2.88. The van der Waals surface area contributed by atoms with Gasteiger partial charge in [-0.3, -0.25) is 9.59 Å². The summed E-state index contributed by atoms with van der Waals surface area (Å²) in [5.74, 6) is 1.28. The summed E-state index contributed by atoms with van der Waals surface area (Å²) in [7, 11) is 1.66. The van der Waals surface area contributed by atoms with Gasteiger partial charge in [0, 0.05) is 38.4 Å². The number of fused-ring (bicyclic) bond motifs is 1. The highest BCUT2D eigenvalue weighted by Gasteiger charge is 2.26. The minimum Gasteiger partial charge on any atom is -0.349 e. The van der Waals surface area contributed by atoms with Crippen LogP contribution in [0.15, 0.2) is 42.6 Å². The second kappa shape index (κ2) is 9.67. The molecule has 0 unspecified atom stereocenters. The Hall–Kier alpha value is -4.05. The Morgan fingerprint density at radius 1 is 1.09 bits per heavy atom. The largest absolute Gasteiger partial charge is 0.349 e. The maximum Gasteiger partial charge on any atom is 0.256 e. The number of nitrogens with zero attached hydrogens (tertiary/aromatic N) is 4. The molecule has 3 heterocycles. The molecule has 2 amide bonds. The Kier molecular flexibility index (Phi) is 6.28. The Balaban J connectivity index is 1.43. The van der Waals surface area contributed by atoms with Gasteiger partial charge in [-0.25, -0.2) is 9.97 Å². The average Bonchev–Trinajstić information content (AvgIpc) is 3.67. The third-order valence-electron chi connectivity index (χ3n) is 6.09. The molecule has 1 saturated carbocycles. The first kappa shape index (κ1) is 22.7. The van der Waals surface area contributed by atoms with E-state index >= 15 is 0 Å². The van der Waals surface area contributed by atoms with Crippen LogP contribution in [0.1, 0.15) is 41.3 Å². The van der Waals surface area contributed by atoms with Crippen LogP contribution in [0.25, 0.3) is 0 Å². The van der Waals surface area contributed by atoms with Gasteiger partial charge in [-0.1, -0.05) is 12.1 Å². The summed E-state index contributed by atoms with van der Waals surface area (Å²) < 4.78 is 0. The number of amides is 2. The highest BCUT2D eigenvalue weighted by atomic mass is 16.2. The van der Waals surface area contributed by atoms with Crippen molar-refractivity contribution in [2.45, 2.75) is 38.8 Å². The molecule has 3 aromatic rings. The molecule has 0 atom stereocenters. The van der Waals surface area contributed by atoms with Crippen molar-refractivity contribution in [1.29, 1.82) is 0 Å². The van der Waals surface area contributed by atoms with E-state index < -0.39 is 0 Å². The lowest BCUT2D eigenvalue weighted by Gasteiger charge is -2.18. The third kappa shape index (κ3) is 5.38. The Bertz CT molecular complexity index is 1270.